The van der Waals surface area contributed by atoms with Gasteiger partial charge >= 0.3 is 5.97 Å². The highest BCUT2D eigenvalue weighted by atomic mass is 32.2. The minimum Gasteiger partial charge on any atom is -0.477 e. The lowest BCUT2D eigenvalue weighted by molar-refractivity contribution is 0.0686. The number of carbonyl (C=O) groups excluding carboxylic acids is 1. The lowest BCUT2D eigenvalue weighted by Gasteiger charge is -2.21. The second kappa shape index (κ2) is 4.59. The molecule has 0 aliphatic carbocycles. The monoisotopic (exact) mass is 280 g/mol. The van der Waals surface area contributed by atoms with E-state index < -0.39 is 5.97 Å². The smallest absolute Gasteiger partial charge is 0.352 e. The first-order valence-electron chi connectivity index (χ1n) is 6.44. The van der Waals surface area contributed by atoms with Crippen LogP contribution >= 0.6 is 11.8 Å². The number of aromatic nitrogens is 1. The highest BCUT2D eigenvalue weighted by molar-refractivity contribution is 7.97. The third-order valence-electron chi connectivity index (χ3n) is 3.93. The summed E-state index contributed by atoms with van der Waals surface area (Å²) >= 11 is 1.64. The van der Waals surface area contributed by atoms with E-state index >= 15 is 0 Å². The summed E-state index contributed by atoms with van der Waals surface area (Å²) in [6.45, 7) is 2.83. The van der Waals surface area contributed by atoms with E-state index in [1.165, 1.54) is 0 Å². The molecular weight excluding hydrogens is 264 g/mol. The van der Waals surface area contributed by atoms with Gasteiger partial charge in [0.25, 0.3) is 5.91 Å². The Balaban J connectivity index is 1.99. The van der Waals surface area contributed by atoms with E-state index in [0.717, 1.165) is 30.8 Å². The molecule has 0 saturated carbocycles. The number of likely N-dealkylation sites (tertiary alicyclic amines) is 1. The molecule has 2 aliphatic heterocycles. The summed E-state index contributed by atoms with van der Waals surface area (Å²) in [5.74, 6) is 0.372. The maximum Gasteiger partial charge on any atom is 0.352 e. The maximum absolute atomic E-state index is 12.6. The molecule has 1 saturated heterocycles. The fraction of sp³-hybridized carbons (Fsp3) is 0.538. The van der Waals surface area contributed by atoms with Crippen molar-refractivity contribution in [2.24, 2.45) is 0 Å². The third kappa shape index (κ3) is 1.94. The fourth-order valence-electron chi connectivity index (χ4n) is 2.88. The predicted molar refractivity (Wildman–Crippen MR) is 72.4 cm³/mol. The van der Waals surface area contributed by atoms with Gasteiger partial charge in [0.15, 0.2) is 0 Å². The summed E-state index contributed by atoms with van der Waals surface area (Å²) in [7, 11) is 0. The van der Waals surface area contributed by atoms with Gasteiger partial charge in [-0.3, -0.25) is 4.79 Å². The molecule has 19 heavy (non-hydrogen) atoms. The molecule has 1 N–H and O–H groups in total. The number of nitrogens with zero attached hydrogens (tertiary/aromatic N) is 2. The van der Waals surface area contributed by atoms with Crippen molar-refractivity contribution in [1.82, 2.24) is 9.47 Å². The van der Waals surface area contributed by atoms with E-state index in [0.29, 0.717) is 11.4 Å². The molecule has 1 fully saturated rings. The second-order valence-corrected chi connectivity index (χ2v) is 6.05. The largest absolute Gasteiger partial charge is 0.477 e. The Morgan fingerprint density at radius 2 is 2.26 bits per heavy atom. The Hall–Kier alpha value is -1.43. The Bertz CT molecular complexity index is 552. The molecule has 6 heteroatoms. The van der Waals surface area contributed by atoms with Crippen LogP contribution in [0.2, 0.25) is 0 Å². The number of fused-ring (bicyclic) bond motifs is 1. The van der Waals surface area contributed by atoms with Gasteiger partial charge in [0.2, 0.25) is 0 Å². The topological polar surface area (TPSA) is 62.5 Å². The standard InChI is InChI=1S/C13H16N2O3S/c1-8-3-2-4-14(8)12(16)9-5-10(13(17)18)15-7-19-6-11(9)15/h5,8H,2-4,6-7H2,1H3,(H,17,18). The fourth-order valence-corrected chi connectivity index (χ4v) is 3.95. The first-order chi connectivity index (χ1) is 9.09. The van der Waals surface area contributed by atoms with Gasteiger partial charge in [-0.15, -0.1) is 11.8 Å². The van der Waals surface area contributed by atoms with E-state index in [1.54, 1.807) is 22.4 Å². The summed E-state index contributed by atoms with van der Waals surface area (Å²) < 4.78 is 1.75. The quantitative estimate of drug-likeness (QED) is 0.900. The molecule has 3 heterocycles. The minimum atomic E-state index is -0.961. The Kier molecular flexibility index (Phi) is 3.05. The van der Waals surface area contributed by atoms with Crippen LogP contribution in [0.5, 0.6) is 0 Å². The third-order valence-corrected chi connectivity index (χ3v) is 4.85. The summed E-state index contributed by atoms with van der Waals surface area (Å²) in [4.78, 5) is 25.7. The van der Waals surface area contributed by atoms with Crippen molar-refractivity contribution in [3.8, 4) is 0 Å². The first-order valence-corrected chi connectivity index (χ1v) is 7.59. The van der Waals surface area contributed by atoms with Crippen LogP contribution < -0.4 is 0 Å². The summed E-state index contributed by atoms with van der Waals surface area (Å²) in [5, 5.41) is 9.21. The number of amides is 1. The van der Waals surface area contributed by atoms with E-state index in [9.17, 15) is 14.7 Å². The molecule has 5 nitrogen and oxygen atoms in total. The Labute approximate surface area is 115 Å². The Morgan fingerprint density at radius 1 is 1.47 bits per heavy atom. The lowest BCUT2D eigenvalue weighted by atomic mass is 10.2. The number of carboxylic acids is 1. The molecule has 102 valence electrons. The number of carboxylic acid groups (broad SMARTS) is 1. The molecule has 1 atom stereocenters. The van der Waals surface area contributed by atoms with E-state index in [4.69, 9.17) is 0 Å². The van der Waals surface area contributed by atoms with Crippen molar-refractivity contribution < 1.29 is 14.7 Å². The predicted octanol–water partition coefficient (Wildman–Crippen LogP) is 2.02. The van der Waals surface area contributed by atoms with Gasteiger partial charge in [0.05, 0.1) is 11.4 Å². The van der Waals surface area contributed by atoms with Crippen LogP contribution in [-0.4, -0.2) is 39.0 Å². The molecule has 1 aromatic rings. The lowest BCUT2D eigenvalue weighted by Crippen LogP contribution is -2.33. The average Bonchev–Trinajstić information content (AvgIpc) is 3.01. The van der Waals surface area contributed by atoms with Crippen molar-refractivity contribution in [1.29, 1.82) is 0 Å². The molecule has 1 unspecified atom stereocenters. The molecule has 2 aliphatic rings. The minimum absolute atomic E-state index is 0.0104. The van der Waals surface area contributed by atoms with Crippen LogP contribution in [-0.2, 0) is 11.6 Å². The number of carbonyl (C=O) groups is 2. The van der Waals surface area contributed by atoms with Crippen molar-refractivity contribution >= 4 is 23.6 Å². The van der Waals surface area contributed by atoms with Gasteiger partial charge in [0, 0.05) is 24.0 Å². The van der Waals surface area contributed by atoms with Crippen molar-refractivity contribution in [3.05, 3.63) is 23.0 Å². The molecule has 0 radical (unpaired) electrons. The van der Waals surface area contributed by atoms with Gasteiger partial charge in [-0.2, -0.15) is 0 Å². The van der Waals surface area contributed by atoms with Crippen LogP contribution in [0.3, 0.4) is 0 Å². The average molecular weight is 280 g/mol. The highest BCUT2D eigenvalue weighted by Crippen LogP contribution is 2.32. The molecule has 1 aromatic heterocycles. The number of hydrogen-bond acceptors (Lipinski definition) is 3. The molecular formula is C13H16N2O3S. The zero-order valence-electron chi connectivity index (χ0n) is 10.8. The van der Waals surface area contributed by atoms with Crippen LogP contribution in [0.15, 0.2) is 6.07 Å². The SMILES string of the molecule is CC1CCCN1C(=O)c1cc(C(=O)O)n2c1CSC2. The summed E-state index contributed by atoms with van der Waals surface area (Å²) in [5.41, 5.74) is 1.68. The highest BCUT2D eigenvalue weighted by Gasteiger charge is 2.32. The molecule has 0 spiro atoms. The Morgan fingerprint density at radius 3 is 2.89 bits per heavy atom. The van der Waals surface area contributed by atoms with E-state index in [2.05, 4.69) is 0 Å². The van der Waals surface area contributed by atoms with E-state index in [-0.39, 0.29) is 17.6 Å². The number of rotatable bonds is 2. The van der Waals surface area contributed by atoms with Crippen LogP contribution in [0.4, 0.5) is 0 Å². The summed E-state index contributed by atoms with van der Waals surface area (Å²) in [6.07, 6.45) is 2.06. The normalized spacial score (nSPS) is 21.7. The zero-order valence-corrected chi connectivity index (χ0v) is 11.6. The first kappa shape index (κ1) is 12.6. The zero-order chi connectivity index (χ0) is 13.6. The summed E-state index contributed by atoms with van der Waals surface area (Å²) in [6, 6.07) is 1.80. The van der Waals surface area contributed by atoms with E-state index in [1.807, 2.05) is 11.8 Å². The van der Waals surface area contributed by atoms with Crippen molar-refractivity contribution in [2.75, 3.05) is 6.54 Å². The molecule has 1 amide bonds. The van der Waals surface area contributed by atoms with Crippen LogP contribution in [0, 0.1) is 0 Å². The van der Waals surface area contributed by atoms with Gasteiger partial charge in [-0.25, -0.2) is 4.79 Å². The van der Waals surface area contributed by atoms with Crippen LogP contribution in [0.25, 0.3) is 0 Å². The van der Waals surface area contributed by atoms with Crippen molar-refractivity contribution in [3.63, 3.8) is 0 Å². The molecule has 0 aromatic carbocycles. The molecule has 3 rings (SSSR count). The number of hydrogen-bond donors (Lipinski definition) is 1. The van der Waals surface area contributed by atoms with Gasteiger partial charge in [-0.1, -0.05) is 0 Å². The van der Waals surface area contributed by atoms with Crippen molar-refractivity contribution in [2.45, 2.75) is 37.4 Å². The van der Waals surface area contributed by atoms with Gasteiger partial charge in [-0.05, 0) is 25.8 Å². The second-order valence-electron chi connectivity index (χ2n) is 5.09. The number of aromatic carboxylic acids is 1. The number of thioether (sulfide) groups is 1. The molecule has 0 bridgehead atoms. The van der Waals surface area contributed by atoms with Gasteiger partial charge in [0.1, 0.15) is 5.69 Å². The van der Waals surface area contributed by atoms with Gasteiger partial charge < -0.3 is 14.6 Å². The maximum atomic E-state index is 12.6. The van der Waals surface area contributed by atoms with Crippen LogP contribution in [0.1, 0.15) is 46.3 Å².